The summed E-state index contributed by atoms with van der Waals surface area (Å²) >= 11 is 0. The molecule has 1 saturated heterocycles. The molecule has 0 radical (unpaired) electrons. The lowest BCUT2D eigenvalue weighted by molar-refractivity contribution is -0.0103. The Bertz CT molecular complexity index is 466. The lowest BCUT2D eigenvalue weighted by Gasteiger charge is -2.39. The van der Waals surface area contributed by atoms with Crippen molar-refractivity contribution in [2.45, 2.75) is 19.1 Å². The van der Waals surface area contributed by atoms with E-state index >= 15 is 0 Å². The molecule has 2 heterocycles. The molecule has 0 saturated carbocycles. The Labute approximate surface area is 111 Å². The van der Waals surface area contributed by atoms with Crippen LogP contribution in [0.25, 0.3) is 0 Å². The van der Waals surface area contributed by atoms with Crippen molar-refractivity contribution < 1.29 is 15.1 Å². The van der Waals surface area contributed by atoms with E-state index in [0.29, 0.717) is 18.8 Å². The van der Waals surface area contributed by atoms with E-state index in [1.165, 1.54) is 0 Å². The Kier molecular flexibility index (Phi) is 4.18. The molecule has 7 heteroatoms. The summed E-state index contributed by atoms with van der Waals surface area (Å²) in [6.07, 6.45) is 1.41. The maximum Gasteiger partial charge on any atom is 0.188 e. The number of hydrogen-bond acceptors (Lipinski definition) is 6. The van der Waals surface area contributed by atoms with Crippen molar-refractivity contribution in [1.82, 2.24) is 4.98 Å². The highest BCUT2D eigenvalue weighted by Gasteiger charge is 2.26. The second-order valence-electron chi connectivity index (χ2n) is 4.52. The molecule has 1 aromatic heterocycles. The summed E-state index contributed by atoms with van der Waals surface area (Å²) in [5.74, 6) is -0.0264. The molecule has 1 fully saturated rings. The van der Waals surface area contributed by atoms with E-state index in [1.807, 2.05) is 13.0 Å². The van der Waals surface area contributed by atoms with Crippen molar-refractivity contribution in [1.29, 1.82) is 0 Å². The average Bonchev–Trinajstić information content (AvgIpc) is 2.47. The number of nitrogens with zero attached hydrogens (tertiary/aromatic N) is 3. The number of anilines is 1. The third-order valence-electron chi connectivity index (χ3n) is 3.15. The summed E-state index contributed by atoms with van der Waals surface area (Å²) < 4.78 is 5.49. The summed E-state index contributed by atoms with van der Waals surface area (Å²) in [5, 5.41) is 20.8. The zero-order chi connectivity index (χ0) is 13.8. The maximum atomic E-state index is 9.19. The minimum atomic E-state index is -0.198. The molecular weight excluding hydrogens is 248 g/mol. The molecule has 1 aliphatic heterocycles. The van der Waals surface area contributed by atoms with Crippen LogP contribution in [-0.4, -0.2) is 53.0 Å². The van der Waals surface area contributed by atoms with Crippen LogP contribution in [0.5, 0.6) is 0 Å². The number of amidine groups is 1. The number of morpholine rings is 1. The molecule has 1 aromatic rings. The fraction of sp³-hybridized carbons (Fsp3) is 0.500. The number of hydrogen-bond donors (Lipinski definition) is 3. The van der Waals surface area contributed by atoms with E-state index in [9.17, 15) is 5.11 Å². The lowest BCUT2D eigenvalue weighted by atomic mass is 10.1. The minimum absolute atomic E-state index is 0.0125. The van der Waals surface area contributed by atoms with Crippen LogP contribution in [0.2, 0.25) is 0 Å². The van der Waals surface area contributed by atoms with Crippen LogP contribution in [0.15, 0.2) is 23.5 Å². The predicted molar refractivity (Wildman–Crippen MR) is 70.4 cm³/mol. The van der Waals surface area contributed by atoms with Crippen LogP contribution >= 0.6 is 0 Å². The van der Waals surface area contributed by atoms with Gasteiger partial charge in [0.1, 0.15) is 5.69 Å². The zero-order valence-electron chi connectivity index (χ0n) is 10.7. The molecule has 0 spiro atoms. The van der Waals surface area contributed by atoms with Gasteiger partial charge >= 0.3 is 0 Å². The van der Waals surface area contributed by atoms with Gasteiger partial charge in [0, 0.05) is 24.5 Å². The molecule has 19 heavy (non-hydrogen) atoms. The van der Waals surface area contributed by atoms with Gasteiger partial charge in [0.25, 0.3) is 0 Å². The predicted octanol–water partition coefficient (Wildman–Crippen LogP) is -0.238. The molecule has 2 unspecified atom stereocenters. The van der Waals surface area contributed by atoms with E-state index in [-0.39, 0.29) is 24.6 Å². The van der Waals surface area contributed by atoms with Gasteiger partial charge < -0.3 is 25.7 Å². The largest absolute Gasteiger partial charge is 0.409 e. The van der Waals surface area contributed by atoms with Gasteiger partial charge in [0.2, 0.25) is 0 Å². The molecule has 0 amide bonds. The number of pyridine rings is 1. The Morgan fingerprint density at radius 2 is 2.47 bits per heavy atom. The highest BCUT2D eigenvalue weighted by atomic mass is 16.5. The monoisotopic (exact) mass is 266 g/mol. The van der Waals surface area contributed by atoms with E-state index in [0.717, 1.165) is 5.69 Å². The van der Waals surface area contributed by atoms with E-state index < -0.39 is 0 Å². The van der Waals surface area contributed by atoms with Crippen LogP contribution in [0, 0.1) is 0 Å². The van der Waals surface area contributed by atoms with E-state index in [1.54, 1.807) is 12.3 Å². The first-order valence-electron chi connectivity index (χ1n) is 6.08. The molecule has 2 atom stereocenters. The summed E-state index contributed by atoms with van der Waals surface area (Å²) in [6.45, 7) is 3.17. The van der Waals surface area contributed by atoms with Gasteiger partial charge in [-0.25, -0.2) is 0 Å². The van der Waals surface area contributed by atoms with Crippen molar-refractivity contribution >= 4 is 11.5 Å². The highest BCUT2D eigenvalue weighted by molar-refractivity contribution is 5.95. The van der Waals surface area contributed by atoms with Crippen LogP contribution in [-0.2, 0) is 4.74 Å². The van der Waals surface area contributed by atoms with Gasteiger partial charge in [-0.2, -0.15) is 0 Å². The summed E-state index contributed by atoms with van der Waals surface area (Å²) in [7, 11) is 0. The quantitative estimate of drug-likeness (QED) is 0.302. The number of rotatable bonds is 3. The normalized spacial score (nSPS) is 24.5. The maximum absolute atomic E-state index is 9.19. The van der Waals surface area contributed by atoms with E-state index in [2.05, 4.69) is 15.0 Å². The smallest absolute Gasteiger partial charge is 0.188 e. The first-order chi connectivity index (χ1) is 9.15. The van der Waals surface area contributed by atoms with Crippen molar-refractivity contribution in [3.8, 4) is 0 Å². The van der Waals surface area contributed by atoms with Crippen LogP contribution in [0.4, 0.5) is 5.69 Å². The van der Waals surface area contributed by atoms with Crippen molar-refractivity contribution in [3.05, 3.63) is 24.0 Å². The standard InChI is InChI=1S/C12H18N4O3/c1-8-7-19-10(6-17)5-16(8)9-2-3-14-11(4-9)12(13)15-18/h2-4,8,10,17-18H,5-7H2,1H3,(H2,13,15). The first kappa shape index (κ1) is 13.6. The molecule has 7 nitrogen and oxygen atoms in total. The third kappa shape index (κ3) is 2.94. The van der Waals surface area contributed by atoms with Crippen LogP contribution in [0.3, 0.4) is 0 Å². The molecular formula is C12H18N4O3. The molecule has 0 aromatic carbocycles. The lowest BCUT2D eigenvalue weighted by Crippen LogP contribution is -2.49. The SMILES string of the molecule is CC1COC(CO)CN1c1ccnc(/C(N)=N/O)c1. The average molecular weight is 266 g/mol. The highest BCUT2D eigenvalue weighted by Crippen LogP contribution is 2.21. The van der Waals surface area contributed by atoms with Crippen molar-refractivity contribution in [2.75, 3.05) is 24.7 Å². The fourth-order valence-corrected chi connectivity index (χ4v) is 2.08. The molecule has 2 rings (SSSR count). The summed E-state index contributed by atoms with van der Waals surface area (Å²) in [6, 6.07) is 3.79. The van der Waals surface area contributed by atoms with Gasteiger partial charge in [-0.1, -0.05) is 5.16 Å². The van der Waals surface area contributed by atoms with Gasteiger partial charge in [0.15, 0.2) is 5.84 Å². The van der Waals surface area contributed by atoms with Crippen LogP contribution < -0.4 is 10.6 Å². The van der Waals surface area contributed by atoms with Gasteiger partial charge in [-0.05, 0) is 19.1 Å². The first-order valence-corrected chi connectivity index (χ1v) is 6.08. The van der Waals surface area contributed by atoms with Crippen molar-refractivity contribution in [3.63, 3.8) is 0 Å². The molecule has 104 valence electrons. The topological polar surface area (TPSA) is 104 Å². The third-order valence-corrected chi connectivity index (χ3v) is 3.15. The molecule has 4 N–H and O–H groups in total. The Morgan fingerprint density at radius 3 is 3.16 bits per heavy atom. The fourth-order valence-electron chi connectivity index (χ4n) is 2.08. The number of aliphatic hydroxyl groups excluding tert-OH is 1. The number of aliphatic hydroxyl groups is 1. The Hall–Kier alpha value is -1.86. The Morgan fingerprint density at radius 1 is 1.68 bits per heavy atom. The number of nitrogens with two attached hydrogens (primary N) is 1. The Balaban J connectivity index is 2.24. The van der Waals surface area contributed by atoms with Gasteiger partial charge in [-0.3, -0.25) is 4.98 Å². The zero-order valence-corrected chi connectivity index (χ0v) is 10.7. The molecule has 1 aliphatic rings. The van der Waals surface area contributed by atoms with Gasteiger partial charge in [0.05, 0.1) is 19.3 Å². The molecule has 0 bridgehead atoms. The second-order valence-corrected chi connectivity index (χ2v) is 4.52. The second kappa shape index (κ2) is 5.85. The van der Waals surface area contributed by atoms with Crippen LogP contribution in [0.1, 0.15) is 12.6 Å². The van der Waals surface area contributed by atoms with E-state index in [4.69, 9.17) is 15.7 Å². The molecule has 0 aliphatic carbocycles. The minimum Gasteiger partial charge on any atom is -0.409 e. The summed E-state index contributed by atoms with van der Waals surface area (Å²) in [5.41, 5.74) is 6.86. The van der Waals surface area contributed by atoms with Crippen molar-refractivity contribution in [2.24, 2.45) is 10.9 Å². The summed E-state index contributed by atoms with van der Waals surface area (Å²) in [4.78, 5) is 6.16. The number of aromatic nitrogens is 1. The number of oxime groups is 1. The van der Waals surface area contributed by atoms with Gasteiger partial charge in [-0.15, -0.1) is 0 Å². The number of ether oxygens (including phenoxy) is 1.